The van der Waals surface area contributed by atoms with Gasteiger partial charge in [-0.05, 0) is 35.9 Å². The van der Waals surface area contributed by atoms with E-state index in [0.29, 0.717) is 43.2 Å². The predicted octanol–water partition coefficient (Wildman–Crippen LogP) is 2.95. The molecule has 38 heavy (non-hydrogen) atoms. The number of amides is 2. The molecule has 0 aliphatic carbocycles. The molecular weight excluding hydrogens is 508 g/mol. The minimum absolute atomic E-state index is 0.198. The van der Waals surface area contributed by atoms with Gasteiger partial charge < -0.3 is 26.4 Å². The zero-order chi connectivity index (χ0) is 26.9. The Morgan fingerprint density at radius 1 is 1.24 bits per heavy atom. The summed E-state index contributed by atoms with van der Waals surface area (Å²) in [6.45, 7) is 3.58. The summed E-state index contributed by atoms with van der Waals surface area (Å²) in [5.74, 6) is -1.11. The Labute approximate surface area is 214 Å². The third kappa shape index (κ3) is 5.40. The van der Waals surface area contributed by atoms with Gasteiger partial charge in [-0.25, -0.2) is 18.7 Å². The number of nitrogens with one attached hydrogen (secondary N) is 3. The van der Waals surface area contributed by atoms with Crippen LogP contribution in [-0.4, -0.2) is 58.0 Å². The molecule has 2 aromatic heterocycles. The number of rotatable bonds is 5. The molecule has 5 rings (SSSR count). The second-order valence-electron chi connectivity index (χ2n) is 8.74. The van der Waals surface area contributed by atoms with Crippen LogP contribution in [0.4, 0.5) is 33.9 Å². The molecule has 2 aliphatic rings. The van der Waals surface area contributed by atoms with Crippen LogP contribution in [0.2, 0.25) is 0 Å². The van der Waals surface area contributed by atoms with Gasteiger partial charge in [-0.3, -0.25) is 4.90 Å². The summed E-state index contributed by atoms with van der Waals surface area (Å²) in [5.41, 5.74) is 7.66. The van der Waals surface area contributed by atoms with Gasteiger partial charge >= 0.3 is 12.2 Å². The van der Waals surface area contributed by atoms with Crippen LogP contribution < -0.4 is 21.7 Å². The number of hydrogen-bond acceptors (Lipinski definition) is 7. The molecule has 1 unspecified atom stereocenters. The summed E-state index contributed by atoms with van der Waals surface area (Å²) in [6, 6.07) is 3.45. The van der Waals surface area contributed by atoms with Crippen LogP contribution >= 0.6 is 0 Å². The highest BCUT2D eigenvalue weighted by molar-refractivity contribution is 5.91. The maximum Gasteiger partial charge on any atom is 0.419 e. The average molecular weight is 533 g/mol. The van der Waals surface area contributed by atoms with Crippen molar-refractivity contribution >= 4 is 28.6 Å². The lowest BCUT2D eigenvalue weighted by Crippen LogP contribution is -2.44. The molecule has 0 bridgehead atoms. The minimum atomic E-state index is -4.88. The normalized spacial score (nSPS) is 18.2. The van der Waals surface area contributed by atoms with Gasteiger partial charge in [-0.2, -0.15) is 18.3 Å². The SMILES string of the molecule is Nc1ncnn2c(CN3CCOCC3)cc(C3=CNC(NC(=O)Nc4ccc(F)c(C(F)(F)F)c4)C=C3)c12. The van der Waals surface area contributed by atoms with Gasteiger partial charge in [-0.15, -0.1) is 0 Å². The number of benzene rings is 1. The number of nitrogens with two attached hydrogens (primary N) is 1. The summed E-state index contributed by atoms with van der Waals surface area (Å²) in [7, 11) is 0. The number of allylic oxidation sites excluding steroid dienone is 2. The number of nitrogen functional groups attached to an aromatic ring is 1. The number of carbonyl (C=O) groups excluding carboxylic acids is 1. The number of dihydropyridines is 1. The predicted molar refractivity (Wildman–Crippen MR) is 131 cm³/mol. The standard InChI is InChI=1S/C24H24F4N8O2/c25-19-3-2-15(9-18(19)24(26,27)28)33-23(37)34-20-4-1-14(11-30-20)17-10-16(12-35-5-7-38-8-6-35)36-21(17)22(29)31-13-32-36/h1-4,9-11,13,20,30H,5-8,12H2,(H2,29,31,32)(H2,33,34,37). The van der Waals surface area contributed by atoms with Crippen LogP contribution in [0.1, 0.15) is 16.8 Å². The van der Waals surface area contributed by atoms with E-state index in [2.05, 4.69) is 30.9 Å². The fourth-order valence-electron chi connectivity index (χ4n) is 4.32. The largest absolute Gasteiger partial charge is 0.419 e. The molecule has 2 aliphatic heterocycles. The maximum absolute atomic E-state index is 13.5. The Morgan fingerprint density at radius 3 is 2.74 bits per heavy atom. The van der Waals surface area contributed by atoms with E-state index in [1.54, 1.807) is 22.9 Å². The first-order chi connectivity index (χ1) is 18.2. The van der Waals surface area contributed by atoms with Crippen molar-refractivity contribution < 1.29 is 27.1 Å². The number of carbonyl (C=O) groups is 1. The molecule has 5 N–H and O–H groups in total. The monoisotopic (exact) mass is 532 g/mol. The van der Waals surface area contributed by atoms with E-state index in [0.717, 1.165) is 36.0 Å². The van der Waals surface area contributed by atoms with E-state index in [9.17, 15) is 22.4 Å². The highest BCUT2D eigenvalue weighted by Gasteiger charge is 2.34. The summed E-state index contributed by atoms with van der Waals surface area (Å²) >= 11 is 0. The van der Waals surface area contributed by atoms with Crippen LogP contribution in [0.3, 0.4) is 0 Å². The summed E-state index contributed by atoms with van der Waals surface area (Å²) in [6.07, 6.45) is 0.997. The van der Waals surface area contributed by atoms with E-state index in [4.69, 9.17) is 10.5 Å². The van der Waals surface area contributed by atoms with Crippen molar-refractivity contribution in [3.05, 3.63) is 71.6 Å². The second-order valence-corrected chi connectivity index (χ2v) is 8.74. The van der Waals surface area contributed by atoms with Crippen molar-refractivity contribution in [2.24, 2.45) is 0 Å². The number of ether oxygens (including phenoxy) is 1. The summed E-state index contributed by atoms with van der Waals surface area (Å²) in [4.78, 5) is 18.7. The smallest absolute Gasteiger partial charge is 0.382 e. The average Bonchev–Trinajstić information content (AvgIpc) is 3.25. The molecular formula is C24H24F4N8O2. The molecule has 1 saturated heterocycles. The molecule has 4 heterocycles. The third-order valence-electron chi connectivity index (χ3n) is 6.16. The Morgan fingerprint density at radius 2 is 2.03 bits per heavy atom. The first-order valence-corrected chi connectivity index (χ1v) is 11.7. The number of hydrogen-bond donors (Lipinski definition) is 4. The van der Waals surface area contributed by atoms with E-state index in [-0.39, 0.29) is 5.69 Å². The number of nitrogens with zero attached hydrogens (tertiary/aromatic N) is 4. The first-order valence-electron chi connectivity index (χ1n) is 11.7. The molecule has 0 saturated carbocycles. The third-order valence-corrected chi connectivity index (χ3v) is 6.16. The Kier molecular flexibility index (Phi) is 6.91. The van der Waals surface area contributed by atoms with E-state index >= 15 is 0 Å². The summed E-state index contributed by atoms with van der Waals surface area (Å²) in [5, 5.41) is 12.3. The molecule has 1 aromatic carbocycles. The fourth-order valence-corrected chi connectivity index (χ4v) is 4.32. The number of fused-ring (bicyclic) bond motifs is 1. The maximum atomic E-state index is 13.5. The van der Waals surface area contributed by atoms with Crippen molar-refractivity contribution in [3.8, 4) is 0 Å². The molecule has 10 nitrogen and oxygen atoms in total. The van der Waals surface area contributed by atoms with Crippen molar-refractivity contribution in [2.45, 2.75) is 18.9 Å². The van der Waals surface area contributed by atoms with E-state index in [1.807, 2.05) is 6.07 Å². The number of urea groups is 1. The second kappa shape index (κ2) is 10.3. The summed E-state index contributed by atoms with van der Waals surface area (Å²) < 4.78 is 59.5. The quantitative estimate of drug-likeness (QED) is 0.373. The van der Waals surface area contributed by atoms with Gasteiger partial charge in [0.25, 0.3) is 0 Å². The van der Waals surface area contributed by atoms with Crippen molar-refractivity contribution in [1.29, 1.82) is 0 Å². The first kappa shape index (κ1) is 25.5. The Bertz CT molecular complexity index is 1410. The van der Waals surface area contributed by atoms with Gasteiger partial charge in [0.15, 0.2) is 5.82 Å². The van der Waals surface area contributed by atoms with Crippen LogP contribution in [0, 0.1) is 5.82 Å². The molecule has 2 amide bonds. The molecule has 0 radical (unpaired) electrons. The Hall–Kier alpha value is -4.17. The number of alkyl halides is 3. The van der Waals surface area contributed by atoms with E-state index in [1.165, 1.54) is 6.33 Å². The fraction of sp³-hybridized carbons (Fsp3) is 0.292. The van der Waals surface area contributed by atoms with Crippen LogP contribution in [0.15, 0.2) is 48.9 Å². The van der Waals surface area contributed by atoms with Crippen molar-refractivity contribution in [3.63, 3.8) is 0 Å². The molecule has 200 valence electrons. The van der Waals surface area contributed by atoms with Crippen LogP contribution in [0.5, 0.6) is 0 Å². The van der Waals surface area contributed by atoms with Crippen molar-refractivity contribution in [1.82, 2.24) is 30.1 Å². The van der Waals surface area contributed by atoms with Crippen LogP contribution in [-0.2, 0) is 17.5 Å². The number of morpholine rings is 1. The number of halogens is 4. The van der Waals surface area contributed by atoms with Crippen LogP contribution in [0.25, 0.3) is 11.1 Å². The molecule has 3 aromatic rings. The minimum Gasteiger partial charge on any atom is -0.382 e. The zero-order valence-corrected chi connectivity index (χ0v) is 19.9. The van der Waals surface area contributed by atoms with Gasteiger partial charge in [-0.1, -0.05) is 6.08 Å². The highest BCUT2D eigenvalue weighted by Crippen LogP contribution is 2.33. The van der Waals surface area contributed by atoms with Gasteiger partial charge in [0.1, 0.15) is 23.8 Å². The number of aromatic nitrogens is 3. The van der Waals surface area contributed by atoms with Gasteiger partial charge in [0.05, 0.1) is 24.5 Å². The lowest BCUT2D eigenvalue weighted by Gasteiger charge is -2.26. The highest BCUT2D eigenvalue weighted by atomic mass is 19.4. The molecule has 1 atom stereocenters. The van der Waals surface area contributed by atoms with Gasteiger partial charge in [0.2, 0.25) is 0 Å². The molecule has 0 spiro atoms. The van der Waals surface area contributed by atoms with E-state index < -0.39 is 29.8 Å². The molecule has 1 fully saturated rings. The topological polar surface area (TPSA) is 122 Å². The lowest BCUT2D eigenvalue weighted by atomic mass is 10.1. The number of anilines is 2. The van der Waals surface area contributed by atoms with Crippen molar-refractivity contribution in [2.75, 3.05) is 37.4 Å². The zero-order valence-electron chi connectivity index (χ0n) is 19.9. The lowest BCUT2D eigenvalue weighted by molar-refractivity contribution is -0.139. The Balaban J connectivity index is 1.28. The van der Waals surface area contributed by atoms with Gasteiger partial charge in [0, 0.05) is 37.1 Å². The molecule has 14 heteroatoms.